The molecule has 0 saturated heterocycles. The third-order valence-corrected chi connectivity index (χ3v) is 7.59. The van der Waals surface area contributed by atoms with Crippen molar-refractivity contribution in [2.75, 3.05) is 12.4 Å². The second-order valence-corrected chi connectivity index (χ2v) is 10.3. The van der Waals surface area contributed by atoms with Crippen molar-refractivity contribution in [1.82, 2.24) is 0 Å². The van der Waals surface area contributed by atoms with Crippen LogP contribution in [0.2, 0.25) is 0 Å². The van der Waals surface area contributed by atoms with Crippen LogP contribution in [0.5, 0.6) is 5.75 Å². The minimum atomic E-state index is -4.35. The molecule has 0 bridgehead atoms. The van der Waals surface area contributed by atoms with Gasteiger partial charge < -0.3 is 14.5 Å². The van der Waals surface area contributed by atoms with Gasteiger partial charge >= 0.3 is 0 Å². The third-order valence-electron chi connectivity index (χ3n) is 4.82. The molecule has 0 unspecified atom stereocenters. The monoisotopic (exact) mass is 486 g/mol. The number of carbonyl (C=O) groups excluding carboxylic acids is 1. The molecule has 33 heavy (non-hydrogen) atoms. The lowest BCUT2D eigenvalue weighted by Gasteiger charge is -2.09. The Morgan fingerprint density at radius 3 is 2.27 bits per heavy atom. The van der Waals surface area contributed by atoms with Gasteiger partial charge in [0.05, 0.1) is 17.7 Å². The molecule has 0 spiro atoms. The smallest absolute Gasteiger partial charge is 0.255 e. The second kappa shape index (κ2) is 8.35. The summed E-state index contributed by atoms with van der Waals surface area (Å²) in [6.45, 7) is 0. The third kappa shape index (κ3) is 4.33. The van der Waals surface area contributed by atoms with Crippen LogP contribution in [-0.4, -0.2) is 29.9 Å². The highest BCUT2D eigenvalue weighted by Crippen LogP contribution is 2.31. The van der Waals surface area contributed by atoms with Crippen LogP contribution >= 0.6 is 0 Å². The van der Waals surface area contributed by atoms with E-state index in [4.69, 9.17) is 14.3 Å². The highest BCUT2D eigenvalue weighted by molar-refractivity contribution is 7.93. The van der Waals surface area contributed by atoms with Crippen molar-refractivity contribution in [1.29, 1.82) is 0 Å². The van der Waals surface area contributed by atoms with Crippen LogP contribution < -0.4 is 15.2 Å². The summed E-state index contributed by atoms with van der Waals surface area (Å²) < 4.78 is 60.6. The molecule has 0 fully saturated rings. The van der Waals surface area contributed by atoms with Crippen LogP contribution in [0.15, 0.2) is 92.1 Å². The number of sulfone groups is 1. The van der Waals surface area contributed by atoms with Gasteiger partial charge in [-0.25, -0.2) is 22.0 Å². The summed E-state index contributed by atoms with van der Waals surface area (Å²) in [7, 11) is -7.16. The van der Waals surface area contributed by atoms with Crippen molar-refractivity contribution in [3.63, 3.8) is 0 Å². The van der Waals surface area contributed by atoms with Crippen LogP contribution in [0.3, 0.4) is 0 Å². The van der Waals surface area contributed by atoms with Gasteiger partial charge in [-0.3, -0.25) is 4.79 Å². The summed E-state index contributed by atoms with van der Waals surface area (Å²) in [4.78, 5) is 11.7. The molecule has 0 radical (unpaired) electrons. The molecule has 9 nitrogen and oxygen atoms in total. The Balaban J connectivity index is 1.71. The molecule has 1 amide bonds. The number of sulfonamides is 1. The summed E-state index contributed by atoms with van der Waals surface area (Å²) in [6, 6.07) is 17.5. The van der Waals surface area contributed by atoms with Gasteiger partial charge in [0.25, 0.3) is 5.91 Å². The number of hydrogen-bond donors (Lipinski definition) is 2. The molecular weight excluding hydrogens is 468 g/mol. The number of hydrogen-bond acceptors (Lipinski definition) is 7. The zero-order valence-corrected chi connectivity index (χ0v) is 18.8. The van der Waals surface area contributed by atoms with Crippen molar-refractivity contribution in [3.05, 3.63) is 78.4 Å². The van der Waals surface area contributed by atoms with Crippen LogP contribution in [0.4, 0.5) is 5.69 Å². The Bertz CT molecular complexity index is 1590. The summed E-state index contributed by atoms with van der Waals surface area (Å²) in [6.07, 6.45) is 0. The van der Waals surface area contributed by atoms with Crippen LogP contribution in [0.1, 0.15) is 10.4 Å². The Hall–Kier alpha value is -3.67. The number of ether oxygens (including phenoxy) is 1. The van der Waals surface area contributed by atoms with Crippen LogP contribution in [0.25, 0.3) is 11.0 Å². The van der Waals surface area contributed by atoms with Crippen molar-refractivity contribution in [2.24, 2.45) is 5.14 Å². The molecule has 170 valence electrons. The summed E-state index contributed by atoms with van der Waals surface area (Å²) in [5, 5.41) is 7.77. The number of benzene rings is 3. The van der Waals surface area contributed by atoms with Gasteiger partial charge in [-0.1, -0.05) is 24.3 Å². The SMILES string of the molecule is COc1ccccc1NC(=O)c1ccc2oc(S(=O)(=O)c3ccccc3S(N)(=O)=O)cc2c1. The van der Waals surface area contributed by atoms with E-state index in [2.05, 4.69) is 5.32 Å². The molecule has 0 aliphatic carbocycles. The number of fused-ring (bicyclic) bond motifs is 1. The molecule has 11 heteroatoms. The van der Waals surface area contributed by atoms with E-state index in [1.807, 2.05) is 0 Å². The van der Waals surface area contributed by atoms with Crippen molar-refractivity contribution >= 4 is 42.4 Å². The average molecular weight is 487 g/mol. The number of carbonyl (C=O) groups is 1. The first kappa shape index (κ1) is 22.5. The number of rotatable bonds is 6. The standard InChI is InChI=1S/C22H18N2O7S2/c1-30-18-7-3-2-6-16(18)24-22(25)14-10-11-17-15(12-14)13-21(31-17)32(26,27)19-8-4-5-9-20(19)33(23,28)29/h2-13H,1H3,(H,24,25)(H2,23,28,29). The molecule has 4 aromatic rings. The molecule has 3 aromatic carbocycles. The normalized spacial score (nSPS) is 11.9. The van der Waals surface area contributed by atoms with Crippen molar-refractivity contribution < 1.29 is 30.8 Å². The molecule has 1 heterocycles. The molecule has 0 atom stereocenters. The molecular formula is C22H18N2O7S2. The second-order valence-electron chi connectivity index (χ2n) is 6.97. The largest absolute Gasteiger partial charge is 0.495 e. The minimum Gasteiger partial charge on any atom is -0.495 e. The predicted molar refractivity (Wildman–Crippen MR) is 120 cm³/mol. The maximum atomic E-state index is 13.1. The first-order chi connectivity index (χ1) is 15.6. The van der Waals surface area contributed by atoms with E-state index in [-0.39, 0.29) is 11.1 Å². The fraction of sp³-hybridized carbons (Fsp3) is 0.0455. The van der Waals surface area contributed by atoms with E-state index in [1.165, 1.54) is 43.5 Å². The van der Waals surface area contributed by atoms with E-state index in [0.717, 1.165) is 12.1 Å². The van der Waals surface area contributed by atoms with Gasteiger partial charge in [0.1, 0.15) is 16.2 Å². The predicted octanol–water partition coefficient (Wildman–Crippen LogP) is 3.17. The highest BCUT2D eigenvalue weighted by atomic mass is 32.2. The molecule has 1 aromatic heterocycles. The van der Waals surface area contributed by atoms with Crippen LogP contribution in [-0.2, 0) is 19.9 Å². The molecule has 3 N–H and O–H groups in total. The fourth-order valence-corrected chi connectivity index (χ4v) is 5.83. The number of para-hydroxylation sites is 2. The Morgan fingerprint density at radius 1 is 0.909 bits per heavy atom. The lowest BCUT2D eigenvalue weighted by atomic mass is 10.1. The van der Waals surface area contributed by atoms with Gasteiger partial charge in [0.15, 0.2) is 0 Å². The molecule has 0 aliphatic heterocycles. The zero-order valence-electron chi connectivity index (χ0n) is 17.2. The topological polar surface area (TPSA) is 146 Å². The first-order valence-corrected chi connectivity index (χ1v) is 12.5. The first-order valence-electron chi connectivity index (χ1n) is 9.46. The average Bonchev–Trinajstić information content (AvgIpc) is 3.23. The van der Waals surface area contributed by atoms with E-state index in [9.17, 15) is 21.6 Å². The molecule has 4 rings (SSSR count). The van der Waals surface area contributed by atoms with E-state index >= 15 is 0 Å². The summed E-state index contributed by atoms with van der Waals surface area (Å²) >= 11 is 0. The number of nitrogens with one attached hydrogen (secondary N) is 1. The fourth-order valence-electron chi connectivity index (χ4n) is 3.25. The number of primary sulfonamides is 1. The molecule has 0 aliphatic rings. The lowest BCUT2D eigenvalue weighted by Crippen LogP contribution is -2.16. The number of methoxy groups -OCH3 is 1. The number of nitrogens with two attached hydrogens (primary N) is 1. The van der Waals surface area contributed by atoms with Gasteiger partial charge in [-0.15, -0.1) is 0 Å². The van der Waals surface area contributed by atoms with Crippen molar-refractivity contribution in [2.45, 2.75) is 14.9 Å². The minimum absolute atomic E-state index is 0.204. The van der Waals surface area contributed by atoms with E-state index in [0.29, 0.717) is 16.8 Å². The van der Waals surface area contributed by atoms with Crippen molar-refractivity contribution in [3.8, 4) is 5.75 Å². The quantitative estimate of drug-likeness (QED) is 0.426. The van der Waals surface area contributed by atoms with Gasteiger partial charge in [-0.05, 0) is 42.5 Å². The Kier molecular flexibility index (Phi) is 5.70. The molecule has 0 saturated carbocycles. The zero-order chi connectivity index (χ0) is 23.8. The number of anilines is 1. The maximum absolute atomic E-state index is 13.1. The number of amides is 1. The van der Waals surface area contributed by atoms with Crippen LogP contribution in [0, 0.1) is 0 Å². The maximum Gasteiger partial charge on any atom is 0.255 e. The lowest BCUT2D eigenvalue weighted by molar-refractivity contribution is 0.102. The number of furan rings is 1. The van der Waals surface area contributed by atoms with Gasteiger partial charge in [-0.2, -0.15) is 0 Å². The summed E-state index contributed by atoms with van der Waals surface area (Å²) in [5.41, 5.74) is 0.929. The van der Waals surface area contributed by atoms with E-state index in [1.54, 1.807) is 24.3 Å². The van der Waals surface area contributed by atoms with Gasteiger partial charge in [0, 0.05) is 17.0 Å². The highest BCUT2D eigenvalue weighted by Gasteiger charge is 2.29. The summed E-state index contributed by atoms with van der Waals surface area (Å²) in [5.74, 6) is 0.0451. The van der Waals surface area contributed by atoms with E-state index < -0.39 is 40.7 Å². The van der Waals surface area contributed by atoms with Gasteiger partial charge in [0.2, 0.25) is 25.0 Å². The Morgan fingerprint density at radius 2 is 1.58 bits per heavy atom. The Labute approximate surface area is 189 Å².